The largest absolute Gasteiger partial charge is 0.486 e. The highest BCUT2D eigenvalue weighted by molar-refractivity contribution is 6.38. The summed E-state index contributed by atoms with van der Waals surface area (Å²) in [4.78, 5) is 106. The third-order valence-electron chi connectivity index (χ3n) is 13.9. The maximum Gasteiger partial charge on any atom is 0.329 e. The zero-order valence-corrected chi connectivity index (χ0v) is 42.2. The summed E-state index contributed by atoms with van der Waals surface area (Å²) >= 11 is 0. The Bertz CT molecular complexity index is 2770. The van der Waals surface area contributed by atoms with E-state index >= 15 is 0 Å². The molecule has 0 saturated carbocycles. The zero-order valence-electron chi connectivity index (χ0n) is 42.2. The standard InChI is InChI=1S/C56H64N6O11/c1-6-56(4,5)51(66)54(69)61-29-8-7-17-47(61)55(70)73-48(26-20-37-19-18-35(2)36(3)30-37)38-12-9-14-42(31-38)71-33-40(63)13-11-28-57-50(65)34-72-41-23-21-39(22-24-41)59-60-45-16-10-15-43-44(45)32-62(53(43)68)46-25-27-49(64)58-52(46)67/h9-10,12,14-16,18-19,21-24,30-31,46-48H,6-8,11,13,17,20,25-29,32-34H2,1-5H3,(H,57,65)(H,58,64,67)/t46?,47-,48+/m0/s1. The van der Waals surface area contributed by atoms with Crippen LogP contribution < -0.4 is 20.1 Å². The van der Waals surface area contributed by atoms with Gasteiger partial charge in [0.05, 0.1) is 11.4 Å². The Hall–Kier alpha value is -7.56. The number of benzene rings is 4. The fourth-order valence-electron chi connectivity index (χ4n) is 8.91. The van der Waals surface area contributed by atoms with Crippen molar-refractivity contribution in [2.45, 2.75) is 124 Å². The van der Waals surface area contributed by atoms with E-state index in [1.165, 1.54) is 15.4 Å². The first-order chi connectivity index (χ1) is 35.0. The first kappa shape index (κ1) is 53.2. The maximum absolute atomic E-state index is 14.0. The number of azo groups is 1. The molecule has 2 saturated heterocycles. The van der Waals surface area contributed by atoms with E-state index in [9.17, 15) is 38.4 Å². The predicted molar refractivity (Wildman–Crippen MR) is 269 cm³/mol. The third kappa shape index (κ3) is 13.7. The van der Waals surface area contributed by atoms with Crippen LogP contribution in [0.5, 0.6) is 11.5 Å². The number of hydrogen-bond donors (Lipinski definition) is 2. The summed E-state index contributed by atoms with van der Waals surface area (Å²) in [5.74, 6) is -2.58. The van der Waals surface area contributed by atoms with Gasteiger partial charge < -0.3 is 29.3 Å². The Morgan fingerprint density at radius 1 is 0.849 bits per heavy atom. The van der Waals surface area contributed by atoms with Crippen molar-refractivity contribution < 1.29 is 52.6 Å². The summed E-state index contributed by atoms with van der Waals surface area (Å²) in [7, 11) is 0. The van der Waals surface area contributed by atoms with Crippen molar-refractivity contribution in [1.82, 2.24) is 20.4 Å². The van der Waals surface area contributed by atoms with Gasteiger partial charge in [0, 0.05) is 49.0 Å². The molecule has 1 unspecified atom stereocenters. The molecule has 0 radical (unpaired) electrons. The molecule has 3 aliphatic heterocycles. The number of imide groups is 1. The van der Waals surface area contributed by atoms with Crippen molar-refractivity contribution in [3.63, 3.8) is 0 Å². The number of fused-ring (bicyclic) bond motifs is 1. The molecule has 73 heavy (non-hydrogen) atoms. The molecule has 17 heteroatoms. The van der Waals surface area contributed by atoms with Crippen LogP contribution in [0.1, 0.15) is 123 Å². The molecular weight excluding hydrogens is 933 g/mol. The number of ether oxygens (including phenoxy) is 3. The van der Waals surface area contributed by atoms with Gasteiger partial charge in [-0.1, -0.05) is 57.2 Å². The number of amides is 5. The van der Waals surface area contributed by atoms with Gasteiger partial charge in [0.15, 0.2) is 12.4 Å². The van der Waals surface area contributed by atoms with E-state index in [0.29, 0.717) is 84.6 Å². The fourth-order valence-corrected chi connectivity index (χ4v) is 8.91. The maximum atomic E-state index is 14.0. The number of nitrogens with one attached hydrogen (secondary N) is 2. The Labute approximate surface area is 425 Å². The van der Waals surface area contributed by atoms with Crippen LogP contribution in [-0.4, -0.2) is 95.3 Å². The van der Waals surface area contributed by atoms with Gasteiger partial charge >= 0.3 is 5.97 Å². The van der Waals surface area contributed by atoms with Crippen LogP contribution in [0.2, 0.25) is 0 Å². The molecule has 3 atom stereocenters. The van der Waals surface area contributed by atoms with Crippen molar-refractivity contribution in [3.05, 3.63) is 118 Å². The summed E-state index contributed by atoms with van der Waals surface area (Å²) < 4.78 is 17.8. The van der Waals surface area contributed by atoms with Crippen LogP contribution in [0, 0.1) is 19.3 Å². The van der Waals surface area contributed by atoms with Crippen molar-refractivity contribution in [2.75, 3.05) is 26.3 Å². The van der Waals surface area contributed by atoms with Gasteiger partial charge in [-0.3, -0.25) is 38.9 Å². The molecule has 4 aromatic carbocycles. The molecule has 0 bridgehead atoms. The van der Waals surface area contributed by atoms with Gasteiger partial charge in [0.1, 0.15) is 36.3 Å². The van der Waals surface area contributed by atoms with E-state index in [0.717, 1.165) is 17.5 Å². The van der Waals surface area contributed by atoms with E-state index in [4.69, 9.17) is 14.2 Å². The average Bonchev–Trinajstić information content (AvgIpc) is 3.73. The Kier molecular flexibility index (Phi) is 17.7. The van der Waals surface area contributed by atoms with Crippen molar-refractivity contribution >= 4 is 58.4 Å². The number of piperidine rings is 2. The molecule has 0 aliphatic carbocycles. The average molecular weight is 997 g/mol. The Morgan fingerprint density at radius 3 is 2.37 bits per heavy atom. The molecule has 0 aromatic heterocycles. The number of rotatable bonds is 22. The molecule has 17 nitrogen and oxygen atoms in total. The highest BCUT2D eigenvalue weighted by Crippen LogP contribution is 2.35. The summed E-state index contributed by atoms with van der Waals surface area (Å²) in [6.07, 6.45) is 3.57. The second-order valence-electron chi connectivity index (χ2n) is 19.5. The minimum Gasteiger partial charge on any atom is -0.486 e. The normalized spacial score (nSPS) is 17.2. The number of ketones is 2. The fraction of sp³-hybridized carbons (Fsp3) is 0.429. The second kappa shape index (κ2) is 24.2. The lowest BCUT2D eigenvalue weighted by Gasteiger charge is -2.36. The molecule has 2 fully saturated rings. The molecular formula is C56H64N6O11. The number of nitrogens with zero attached hydrogens (tertiary/aromatic N) is 4. The summed E-state index contributed by atoms with van der Waals surface area (Å²) in [6, 6.07) is 23.4. The van der Waals surface area contributed by atoms with Gasteiger partial charge in [-0.05, 0) is 136 Å². The summed E-state index contributed by atoms with van der Waals surface area (Å²) in [5.41, 5.74) is 5.27. The molecule has 3 heterocycles. The number of hydrogen-bond acceptors (Lipinski definition) is 13. The second-order valence-corrected chi connectivity index (χ2v) is 19.5. The van der Waals surface area contributed by atoms with Crippen LogP contribution in [0.4, 0.5) is 11.4 Å². The molecule has 4 aromatic rings. The highest BCUT2D eigenvalue weighted by atomic mass is 16.5. The lowest BCUT2D eigenvalue weighted by atomic mass is 9.84. The third-order valence-corrected chi connectivity index (χ3v) is 13.9. The Balaban J connectivity index is 0.861. The first-order valence-corrected chi connectivity index (χ1v) is 25.1. The van der Waals surface area contributed by atoms with E-state index in [1.807, 2.05) is 26.8 Å². The van der Waals surface area contributed by atoms with Crippen LogP contribution in [0.15, 0.2) is 95.2 Å². The minimum absolute atomic E-state index is 0.155. The molecule has 384 valence electrons. The van der Waals surface area contributed by atoms with E-state index in [1.54, 1.807) is 74.5 Å². The molecule has 3 aliphatic rings. The smallest absolute Gasteiger partial charge is 0.329 e. The Morgan fingerprint density at radius 2 is 1.62 bits per heavy atom. The summed E-state index contributed by atoms with van der Waals surface area (Å²) in [5, 5.41) is 13.7. The van der Waals surface area contributed by atoms with Gasteiger partial charge in [-0.25, -0.2) is 4.79 Å². The SMILES string of the molecule is CCC(C)(C)C(=O)C(=O)N1CCCC[C@H]1C(=O)O[C@H](CCc1ccc(C)c(C)c1)c1cccc(OCC(=O)CCCNC(=O)COc2ccc(N=Nc3cccc4c3CN(C3CCC(=O)NC3=O)C4=O)cc2)c1. The quantitative estimate of drug-likeness (QED) is 0.0253. The van der Waals surface area contributed by atoms with Crippen molar-refractivity contribution in [2.24, 2.45) is 15.6 Å². The van der Waals surface area contributed by atoms with E-state index in [-0.39, 0.29) is 69.1 Å². The topological polar surface area (TPSA) is 220 Å². The lowest BCUT2D eigenvalue weighted by molar-refractivity contribution is -0.164. The molecule has 0 spiro atoms. The van der Waals surface area contributed by atoms with Crippen LogP contribution >= 0.6 is 0 Å². The van der Waals surface area contributed by atoms with Gasteiger partial charge in [-0.2, -0.15) is 10.2 Å². The number of carbonyl (C=O) groups excluding carboxylic acids is 8. The van der Waals surface area contributed by atoms with Crippen LogP contribution in [0.25, 0.3) is 0 Å². The molecule has 2 N–H and O–H groups in total. The monoisotopic (exact) mass is 996 g/mol. The van der Waals surface area contributed by atoms with Crippen LogP contribution in [-0.2, 0) is 51.3 Å². The highest BCUT2D eigenvalue weighted by Gasteiger charge is 2.42. The van der Waals surface area contributed by atoms with E-state index in [2.05, 4.69) is 39.1 Å². The summed E-state index contributed by atoms with van der Waals surface area (Å²) in [6.45, 7) is 9.68. The first-order valence-electron chi connectivity index (χ1n) is 25.1. The molecule has 7 rings (SSSR count). The van der Waals surface area contributed by atoms with Crippen LogP contribution in [0.3, 0.4) is 0 Å². The van der Waals surface area contributed by atoms with Gasteiger partial charge in [0.25, 0.3) is 17.7 Å². The van der Waals surface area contributed by atoms with E-state index < -0.39 is 47.2 Å². The number of likely N-dealkylation sites (tertiary alicyclic amines) is 1. The minimum atomic E-state index is -0.885. The zero-order chi connectivity index (χ0) is 52.2. The number of carbonyl (C=O) groups is 8. The van der Waals surface area contributed by atoms with Gasteiger partial charge in [0.2, 0.25) is 17.6 Å². The molecule has 5 amide bonds. The lowest BCUT2D eigenvalue weighted by Crippen LogP contribution is -2.53. The number of aryl methyl sites for hydroxylation is 3. The number of Topliss-reactive ketones (excluding diaryl/α,β-unsaturated/α-hetero) is 2. The van der Waals surface area contributed by atoms with Crippen molar-refractivity contribution in [3.8, 4) is 11.5 Å². The van der Waals surface area contributed by atoms with Crippen molar-refractivity contribution in [1.29, 1.82) is 0 Å². The predicted octanol–water partition coefficient (Wildman–Crippen LogP) is 8.01. The van der Waals surface area contributed by atoms with Gasteiger partial charge in [-0.15, -0.1) is 0 Å². The number of esters is 1.